The first-order chi connectivity index (χ1) is 8.24. The molecule has 90 valence electrons. The van der Waals surface area contributed by atoms with Gasteiger partial charge in [-0.1, -0.05) is 0 Å². The number of nitrogens with one attached hydrogen (secondary N) is 2. The van der Waals surface area contributed by atoms with Crippen molar-refractivity contribution in [2.45, 2.75) is 13.1 Å². The molecule has 0 radical (unpaired) electrons. The number of aryl methyl sites for hydroxylation is 1. The molecule has 2 heterocycles. The molecule has 0 unspecified atom stereocenters. The average molecular weight is 250 g/mol. The Labute approximate surface area is 105 Å². The fraction of sp³-hybridized carbons (Fsp3) is 0.273. The van der Waals surface area contributed by atoms with Gasteiger partial charge in [0, 0.05) is 25.4 Å². The molecule has 2 aromatic rings. The first kappa shape index (κ1) is 11.7. The van der Waals surface area contributed by atoms with Gasteiger partial charge < -0.3 is 15.1 Å². The van der Waals surface area contributed by atoms with Crippen LogP contribution in [0.1, 0.15) is 11.3 Å². The Morgan fingerprint density at radius 3 is 2.94 bits per heavy atom. The highest BCUT2D eigenvalue weighted by molar-refractivity contribution is 7.80. The van der Waals surface area contributed by atoms with Crippen LogP contribution in [0.25, 0.3) is 0 Å². The predicted molar refractivity (Wildman–Crippen MR) is 68.2 cm³/mol. The lowest BCUT2D eigenvalue weighted by atomic mass is 10.4. The van der Waals surface area contributed by atoms with Crippen LogP contribution in [-0.2, 0) is 20.1 Å². The number of hydrogen-bond acceptors (Lipinski definition) is 3. The third-order valence-electron chi connectivity index (χ3n) is 2.21. The minimum absolute atomic E-state index is 0.589. The second-order valence-electron chi connectivity index (χ2n) is 3.64. The summed E-state index contributed by atoms with van der Waals surface area (Å²) < 4.78 is 6.95. The van der Waals surface area contributed by atoms with Crippen LogP contribution in [0.4, 0.5) is 0 Å². The molecule has 2 N–H and O–H groups in total. The molecule has 17 heavy (non-hydrogen) atoms. The minimum atomic E-state index is 0.589. The van der Waals surface area contributed by atoms with Gasteiger partial charge in [0.15, 0.2) is 5.11 Å². The Bertz CT molecular complexity index is 477. The summed E-state index contributed by atoms with van der Waals surface area (Å²) in [4.78, 5) is 0. The van der Waals surface area contributed by atoms with Gasteiger partial charge in [-0.3, -0.25) is 4.68 Å². The van der Waals surface area contributed by atoms with E-state index in [1.54, 1.807) is 10.9 Å². The number of furan rings is 1. The van der Waals surface area contributed by atoms with Crippen molar-refractivity contribution in [3.63, 3.8) is 0 Å². The Balaban J connectivity index is 1.71. The summed E-state index contributed by atoms with van der Waals surface area (Å²) in [5, 5.41) is 10.8. The quantitative estimate of drug-likeness (QED) is 0.798. The molecule has 0 spiro atoms. The molecular weight excluding hydrogens is 236 g/mol. The van der Waals surface area contributed by atoms with Gasteiger partial charge in [-0.15, -0.1) is 0 Å². The molecule has 0 bridgehead atoms. The first-order valence-electron chi connectivity index (χ1n) is 5.25. The van der Waals surface area contributed by atoms with Crippen molar-refractivity contribution in [1.29, 1.82) is 0 Å². The molecule has 0 saturated heterocycles. The standard InChI is InChI=1S/C11H14N4OS/c1-15-8-9(6-14-15)5-12-11(17)13-7-10-3-2-4-16-10/h2-4,6,8H,5,7H2,1H3,(H2,12,13,17). The fourth-order valence-electron chi connectivity index (χ4n) is 1.39. The number of thiocarbonyl (C=S) groups is 1. The molecule has 0 saturated carbocycles. The zero-order chi connectivity index (χ0) is 12.1. The molecular formula is C11H14N4OS. The zero-order valence-corrected chi connectivity index (χ0v) is 10.3. The number of hydrogen-bond donors (Lipinski definition) is 2. The van der Waals surface area contributed by atoms with Gasteiger partial charge in [0.1, 0.15) is 5.76 Å². The van der Waals surface area contributed by atoms with Crippen LogP contribution in [0, 0.1) is 0 Å². The predicted octanol–water partition coefficient (Wildman–Crippen LogP) is 1.18. The summed E-state index contributed by atoms with van der Waals surface area (Å²) in [6, 6.07) is 3.75. The Hall–Kier alpha value is -1.82. The minimum Gasteiger partial charge on any atom is -0.467 e. The topological polar surface area (TPSA) is 55.0 Å². The highest BCUT2D eigenvalue weighted by Gasteiger charge is 2.00. The van der Waals surface area contributed by atoms with E-state index in [0.717, 1.165) is 11.3 Å². The van der Waals surface area contributed by atoms with Gasteiger partial charge in [0.05, 0.1) is 19.0 Å². The fourth-order valence-corrected chi connectivity index (χ4v) is 1.53. The third-order valence-corrected chi connectivity index (χ3v) is 2.50. The lowest BCUT2D eigenvalue weighted by Gasteiger charge is -2.07. The average Bonchev–Trinajstić information content (AvgIpc) is 2.95. The van der Waals surface area contributed by atoms with E-state index in [2.05, 4.69) is 15.7 Å². The highest BCUT2D eigenvalue weighted by Crippen LogP contribution is 1.98. The maximum absolute atomic E-state index is 5.19. The van der Waals surface area contributed by atoms with Crippen molar-refractivity contribution in [2.24, 2.45) is 7.05 Å². The molecule has 0 aliphatic carbocycles. The second-order valence-corrected chi connectivity index (χ2v) is 4.05. The molecule has 2 rings (SSSR count). The van der Waals surface area contributed by atoms with Crippen molar-refractivity contribution in [3.05, 3.63) is 42.1 Å². The van der Waals surface area contributed by atoms with Crippen LogP contribution in [0.3, 0.4) is 0 Å². The molecule has 2 aromatic heterocycles. The van der Waals surface area contributed by atoms with Crippen LogP contribution in [-0.4, -0.2) is 14.9 Å². The second kappa shape index (κ2) is 5.49. The Morgan fingerprint density at radius 1 is 1.47 bits per heavy atom. The van der Waals surface area contributed by atoms with E-state index < -0.39 is 0 Å². The van der Waals surface area contributed by atoms with E-state index in [4.69, 9.17) is 16.6 Å². The van der Waals surface area contributed by atoms with Gasteiger partial charge in [0.25, 0.3) is 0 Å². The maximum Gasteiger partial charge on any atom is 0.166 e. The van der Waals surface area contributed by atoms with E-state index >= 15 is 0 Å². The monoisotopic (exact) mass is 250 g/mol. The summed E-state index contributed by atoms with van der Waals surface area (Å²) in [5.41, 5.74) is 1.09. The lowest BCUT2D eigenvalue weighted by molar-refractivity contribution is 0.502. The molecule has 0 fully saturated rings. The van der Waals surface area contributed by atoms with Gasteiger partial charge >= 0.3 is 0 Å². The van der Waals surface area contributed by atoms with Crippen molar-refractivity contribution in [3.8, 4) is 0 Å². The third kappa shape index (κ3) is 3.60. The summed E-state index contributed by atoms with van der Waals surface area (Å²) in [6.45, 7) is 1.25. The summed E-state index contributed by atoms with van der Waals surface area (Å²) in [7, 11) is 1.89. The summed E-state index contributed by atoms with van der Waals surface area (Å²) >= 11 is 5.14. The van der Waals surface area contributed by atoms with Gasteiger partial charge in [-0.2, -0.15) is 5.10 Å². The Morgan fingerprint density at radius 2 is 2.29 bits per heavy atom. The van der Waals surface area contributed by atoms with E-state index in [0.29, 0.717) is 18.2 Å². The number of aromatic nitrogens is 2. The molecule has 0 aliphatic rings. The maximum atomic E-state index is 5.19. The molecule has 5 nitrogen and oxygen atoms in total. The van der Waals surface area contributed by atoms with E-state index in [1.807, 2.05) is 31.6 Å². The largest absolute Gasteiger partial charge is 0.467 e. The molecule has 0 aliphatic heterocycles. The number of nitrogens with zero attached hydrogens (tertiary/aromatic N) is 2. The zero-order valence-electron chi connectivity index (χ0n) is 9.51. The van der Waals surface area contributed by atoms with Crippen LogP contribution < -0.4 is 10.6 Å². The SMILES string of the molecule is Cn1cc(CNC(=S)NCc2ccco2)cn1. The normalized spacial score (nSPS) is 10.2. The van der Waals surface area contributed by atoms with Crippen LogP contribution >= 0.6 is 12.2 Å². The van der Waals surface area contributed by atoms with Gasteiger partial charge in [-0.25, -0.2) is 0 Å². The van der Waals surface area contributed by atoms with E-state index in [9.17, 15) is 0 Å². The lowest BCUT2D eigenvalue weighted by Crippen LogP contribution is -2.34. The van der Waals surface area contributed by atoms with E-state index in [-0.39, 0.29) is 0 Å². The van der Waals surface area contributed by atoms with E-state index in [1.165, 1.54) is 0 Å². The molecule has 6 heteroatoms. The highest BCUT2D eigenvalue weighted by atomic mass is 32.1. The van der Waals surface area contributed by atoms with Crippen molar-refractivity contribution >= 4 is 17.3 Å². The first-order valence-corrected chi connectivity index (χ1v) is 5.66. The van der Waals surface area contributed by atoms with Gasteiger partial charge in [0.2, 0.25) is 0 Å². The summed E-state index contributed by atoms with van der Waals surface area (Å²) in [6.07, 6.45) is 5.40. The van der Waals surface area contributed by atoms with Crippen LogP contribution in [0.2, 0.25) is 0 Å². The van der Waals surface area contributed by atoms with Crippen molar-refractivity contribution < 1.29 is 4.42 Å². The molecule has 0 atom stereocenters. The van der Waals surface area contributed by atoms with Crippen LogP contribution in [0.15, 0.2) is 35.2 Å². The Kier molecular flexibility index (Phi) is 3.77. The molecule has 0 aromatic carbocycles. The van der Waals surface area contributed by atoms with Crippen molar-refractivity contribution in [1.82, 2.24) is 20.4 Å². The number of rotatable bonds is 4. The molecule has 0 amide bonds. The van der Waals surface area contributed by atoms with Crippen LogP contribution in [0.5, 0.6) is 0 Å². The van der Waals surface area contributed by atoms with Crippen molar-refractivity contribution in [2.75, 3.05) is 0 Å². The summed E-state index contributed by atoms with van der Waals surface area (Å²) in [5.74, 6) is 0.857. The van der Waals surface area contributed by atoms with Gasteiger partial charge in [-0.05, 0) is 24.4 Å². The smallest absolute Gasteiger partial charge is 0.166 e.